The molecule has 0 unspecified atom stereocenters. The molecule has 0 radical (unpaired) electrons. The Morgan fingerprint density at radius 2 is 2.07 bits per heavy atom. The average molecular weight is 428 g/mol. The van der Waals surface area contributed by atoms with Gasteiger partial charge in [-0.2, -0.15) is 5.10 Å². The van der Waals surface area contributed by atoms with E-state index in [1.807, 2.05) is 32.2 Å². The molecule has 0 saturated carbocycles. The van der Waals surface area contributed by atoms with Gasteiger partial charge >= 0.3 is 0 Å². The number of ether oxygens (including phenoxy) is 1. The second kappa shape index (κ2) is 8.66. The molecule has 30 heavy (non-hydrogen) atoms. The van der Waals surface area contributed by atoms with Crippen LogP contribution in [0.15, 0.2) is 35.5 Å². The Morgan fingerprint density at radius 1 is 1.33 bits per heavy atom. The van der Waals surface area contributed by atoms with Crippen molar-refractivity contribution >= 4 is 23.6 Å². The Balaban J connectivity index is 2.23. The number of nitrogens with zero attached hydrogens (tertiary/aromatic N) is 4. The lowest BCUT2D eigenvalue weighted by atomic mass is 10.0. The number of rotatable bonds is 7. The number of nitrogens with one attached hydrogen (secondary N) is 1. The lowest BCUT2D eigenvalue weighted by Crippen LogP contribution is -2.26. The number of H-pyrrole nitrogens is 1. The topological polar surface area (TPSA) is 95.7 Å². The molecule has 0 fully saturated rings. The number of nitroso groups, excluding NO2 is 1. The van der Waals surface area contributed by atoms with E-state index < -0.39 is 0 Å². The van der Waals surface area contributed by atoms with Gasteiger partial charge in [-0.25, -0.2) is 0 Å². The Kier molecular flexibility index (Phi) is 6.21. The highest BCUT2D eigenvalue weighted by Crippen LogP contribution is 2.37. The van der Waals surface area contributed by atoms with Crippen molar-refractivity contribution in [1.82, 2.24) is 14.8 Å². The van der Waals surface area contributed by atoms with Gasteiger partial charge in [0.15, 0.2) is 10.6 Å². The van der Waals surface area contributed by atoms with Gasteiger partial charge in [-0.15, -0.1) is 4.91 Å². The van der Waals surface area contributed by atoms with Crippen molar-refractivity contribution in [2.24, 2.45) is 5.18 Å². The highest BCUT2D eigenvalue weighted by atomic mass is 32.1. The largest absolute Gasteiger partial charge is 0.507 e. The predicted molar refractivity (Wildman–Crippen MR) is 121 cm³/mol. The van der Waals surface area contributed by atoms with E-state index in [2.05, 4.69) is 34.1 Å². The summed E-state index contributed by atoms with van der Waals surface area (Å²) in [5, 5.41) is 20.7. The van der Waals surface area contributed by atoms with Crippen LogP contribution in [0.5, 0.6) is 11.5 Å². The van der Waals surface area contributed by atoms with E-state index in [1.165, 1.54) is 6.07 Å². The number of aromatic nitrogens is 3. The van der Waals surface area contributed by atoms with Gasteiger partial charge in [0, 0.05) is 19.2 Å². The molecule has 1 aromatic heterocycles. The Hall–Kier alpha value is -3.20. The quantitative estimate of drug-likeness (QED) is 0.401. The molecule has 1 heterocycles. The molecule has 0 aliphatic heterocycles. The highest BCUT2D eigenvalue weighted by Gasteiger charge is 2.19. The van der Waals surface area contributed by atoms with Gasteiger partial charge in [-0.3, -0.25) is 9.67 Å². The maximum Gasteiger partial charge on any atom is 0.200 e. The van der Waals surface area contributed by atoms with E-state index in [0.717, 1.165) is 17.1 Å². The number of methoxy groups -OCH3 is 1. The van der Waals surface area contributed by atoms with Crippen molar-refractivity contribution in [1.29, 1.82) is 0 Å². The minimum Gasteiger partial charge on any atom is -0.507 e. The fourth-order valence-electron chi connectivity index (χ4n) is 3.26. The summed E-state index contributed by atoms with van der Waals surface area (Å²) in [7, 11) is 3.63. The minimum atomic E-state index is -0.0925. The van der Waals surface area contributed by atoms with E-state index in [1.54, 1.807) is 17.7 Å². The zero-order valence-electron chi connectivity index (χ0n) is 17.6. The molecule has 0 aliphatic carbocycles. The highest BCUT2D eigenvalue weighted by molar-refractivity contribution is 7.71. The number of hydrogen-bond donors (Lipinski definition) is 2. The maximum absolute atomic E-state index is 11.1. The SMILES string of the molecule is CCc1cc(-c2n[nH]c(=S)n2-c2ccc(OC)c(N(C)C(C)C)c2)c(O)cc1N=O. The monoisotopic (exact) mass is 427 g/mol. The molecule has 0 atom stereocenters. The Morgan fingerprint density at radius 3 is 2.67 bits per heavy atom. The number of aryl methyl sites for hydroxylation is 1. The van der Waals surface area contributed by atoms with Gasteiger partial charge < -0.3 is 14.7 Å². The molecule has 9 heteroatoms. The third-order valence-corrected chi connectivity index (χ3v) is 5.44. The molecule has 3 rings (SSSR count). The number of anilines is 1. The van der Waals surface area contributed by atoms with Crippen molar-refractivity contribution in [2.45, 2.75) is 33.2 Å². The molecular formula is C21H25N5O3S. The number of aromatic hydroxyl groups is 1. The van der Waals surface area contributed by atoms with E-state index in [-0.39, 0.29) is 17.5 Å². The van der Waals surface area contributed by atoms with Crippen LogP contribution >= 0.6 is 12.2 Å². The fraction of sp³-hybridized carbons (Fsp3) is 0.333. The van der Waals surface area contributed by atoms with Crippen LogP contribution in [-0.4, -0.2) is 40.1 Å². The van der Waals surface area contributed by atoms with Crippen LogP contribution in [0.4, 0.5) is 11.4 Å². The molecule has 0 aliphatic rings. The summed E-state index contributed by atoms with van der Waals surface area (Å²) < 4.78 is 7.65. The normalized spacial score (nSPS) is 11.0. The zero-order valence-corrected chi connectivity index (χ0v) is 18.4. The van der Waals surface area contributed by atoms with Gasteiger partial charge in [0.25, 0.3) is 0 Å². The van der Waals surface area contributed by atoms with Crippen LogP contribution in [0.1, 0.15) is 26.3 Å². The zero-order chi connectivity index (χ0) is 22.0. The number of phenols is 1. The van der Waals surface area contributed by atoms with Crippen molar-refractivity contribution < 1.29 is 9.84 Å². The second-order valence-corrected chi connectivity index (χ2v) is 7.58. The molecule has 0 spiro atoms. The van der Waals surface area contributed by atoms with Gasteiger partial charge in [-0.1, -0.05) is 6.92 Å². The number of hydrogen-bond acceptors (Lipinski definition) is 7. The predicted octanol–water partition coefficient (Wildman–Crippen LogP) is 5.12. The lowest BCUT2D eigenvalue weighted by Gasteiger charge is -2.26. The van der Waals surface area contributed by atoms with Gasteiger partial charge in [0.1, 0.15) is 17.2 Å². The summed E-state index contributed by atoms with van der Waals surface area (Å²) in [6, 6.07) is 9.05. The lowest BCUT2D eigenvalue weighted by molar-refractivity contribution is 0.414. The molecular weight excluding hydrogens is 402 g/mol. The Bertz CT molecular complexity index is 1140. The minimum absolute atomic E-state index is 0.0925. The van der Waals surface area contributed by atoms with Gasteiger partial charge in [0.05, 0.1) is 24.0 Å². The number of benzene rings is 2. The van der Waals surface area contributed by atoms with Crippen molar-refractivity contribution in [3.05, 3.63) is 45.6 Å². The van der Waals surface area contributed by atoms with Crippen molar-refractivity contribution in [3.63, 3.8) is 0 Å². The molecule has 158 valence electrons. The van der Waals surface area contributed by atoms with Crippen LogP contribution in [0.2, 0.25) is 0 Å². The first-order valence-electron chi connectivity index (χ1n) is 9.60. The van der Waals surface area contributed by atoms with Gasteiger partial charge in [-0.05, 0) is 67.5 Å². The summed E-state index contributed by atoms with van der Waals surface area (Å²) in [5.41, 5.74) is 3.05. The molecule has 2 aromatic carbocycles. The van der Waals surface area contributed by atoms with E-state index in [9.17, 15) is 10.0 Å². The molecule has 0 bridgehead atoms. The van der Waals surface area contributed by atoms with E-state index >= 15 is 0 Å². The Labute approximate surface area is 180 Å². The average Bonchev–Trinajstić information content (AvgIpc) is 3.13. The summed E-state index contributed by atoms with van der Waals surface area (Å²) in [5.74, 6) is 1.09. The van der Waals surface area contributed by atoms with Crippen LogP contribution in [-0.2, 0) is 6.42 Å². The smallest absolute Gasteiger partial charge is 0.200 e. The van der Waals surface area contributed by atoms with Crippen LogP contribution < -0.4 is 9.64 Å². The molecule has 0 amide bonds. The molecule has 3 aromatic rings. The van der Waals surface area contributed by atoms with Crippen LogP contribution in [0, 0.1) is 9.68 Å². The van der Waals surface area contributed by atoms with E-state index in [0.29, 0.717) is 28.1 Å². The summed E-state index contributed by atoms with van der Waals surface area (Å²) in [4.78, 5) is 13.2. The van der Waals surface area contributed by atoms with Crippen molar-refractivity contribution in [2.75, 3.05) is 19.1 Å². The number of aromatic amines is 1. The molecule has 2 N–H and O–H groups in total. The van der Waals surface area contributed by atoms with E-state index in [4.69, 9.17) is 17.0 Å². The third kappa shape index (κ3) is 3.80. The second-order valence-electron chi connectivity index (χ2n) is 7.19. The van der Waals surface area contributed by atoms with Crippen LogP contribution in [0.25, 0.3) is 17.1 Å². The fourth-order valence-corrected chi connectivity index (χ4v) is 3.50. The summed E-state index contributed by atoms with van der Waals surface area (Å²) in [6.07, 6.45) is 0.589. The first-order valence-corrected chi connectivity index (χ1v) is 10.0. The van der Waals surface area contributed by atoms with Crippen LogP contribution in [0.3, 0.4) is 0 Å². The standard InChI is InChI=1S/C21H25N5O3S/c1-6-13-9-15(18(27)11-16(13)24-28)20-22-23-21(30)26(20)14-7-8-19(29-5)17(10-14)25(4)12(2)3/h7-12,27H,6H2,1-5H3,(H,23,30). The van der Waals surface area contributed by atoms with Crippen molar-refractivity contribution in [3.8, 4) is 28.6 Å². The maximum atomic E-state index is 11.1. The third-order valence-electron chi connectivity index (χ3n) is 5.16. The molecule has 8 nitrogen and oxygen atoms in total. The summed E-state index contributed by atoms with van der Waals surface area (Å²) >= 11 is 5.48. The molecule has 0 saturated heterocycles. The first kappa shape index (κ1) is 21.5. The van der Waals surface area contributed by atoms with Gasteiger partial charge in [0.2, 0.25) is 0 Å². The number of phenolic OH excluding ortho intramolecular Hbond substituents is 1. The first-order chi connectivity index (χ1) is 14.3. The summed E-state index contributed by atoms with van der Waals surface area (Å²) in [6.45, 7) is 6.10.